The molecule has 1 N–H and O–H groups in total. The first-order chi connectivity index (χ1) is 19.0. The lowest BCUT2D eigenvalue weighted by Crippen LogP contribution is -2.38. The van der Waals surface area contributed by atoms with Gasteiger partial charge in [0.2, 0.25) is 0 Å². The van der Waals surface area contributed by atoms with Crippen molar-refractivity contribution < 1.29 is 4.39 Å². The van der Waals surface area contributed by atoms with Gasteiger partial charge in [0.15, 0.2) is 0 Å². The number of likely N-dealkylation sites (tertiary alicyclic amines) is 1. The number of halogens is 3. The van der Waals surface area contributed by atoms with Crippen LogP contribution in [0.5, 0.6) is 0 Å². The zero-order valence-corrected chi connectivity index (χ0v) is 22.9. The lowest BCUT2D eigenvalue weighted by molar-refractivity contribution is 0.331. The highest BCUT2D eigenvalue weighted by Gasteiger charge is 2.37. The molecule has 1 aromatic heterocycles. The third kappa shape index (κ3) is 5.25. The molecular formula is C33H28Cl2FN3. The molecule has 1 aliphatic rings. The van der Waals surface area contributed by atoms with Gasteiger partial charge in [-0.15, -0.1) is 0 Å². The summed E-state index contributed by atoms with van der Waals surface area (Å²) in [5.74, 6) is -0.284. The number of pyridine rings is 1. The highest BCUT2D eigenvalue weighted by Crippen LogP contribution is 2.42. The number of nitrogens with zero attached hydrogens (tertiary/aromatic N) is 2. The molecule has 4 aromatic carbocycles. The van der Waals surface area contributed by atoms with E-state index in [1.807, 2.05) is 60.7 Å². The maximum atomic E-state index is 14.2. The van der Waals surface area contributed by atoms with Crippen LogP contribution in [0.3, 0.4) is 0 Å². The van der Waals surface area contributed by atoms with Crippen molar-refractivity contribution in [3.8, 4) is 0 Å². The fraction of sp³-hybridized carbons (Fsp3) is 0.182. The normalized spacial score (nSPS) is 15.4. The van der Waals surface area contributed by atoms with Crippen LogP contribution >= 0.6 is 23.2 Å². The van der Waals surface area contributed by atoms with Crippen molar-refractivity contribution in [1.29, 1.82) is 0 Å². The van der Waals surface area contributed by atoms with E-state index < -0.39 is 5.54 Å². The molecule has 1 unspecified atom stereocenters. The lowest BCUT2D eigenvalue weighted by atomic mass is 9.76. The topological polar surface area (TPSA) is 28.2 Å². The first-order valence-electron chi connectivity index (χ1n) is 13.2. The Labute approximate surface area is 238 Å². The standard InChI is InChI=1S/C33H28Cl2FN3/c34-27-11-7-25(8-12-27)33(26-9-14-29(36)15-10-26,24-5-3-23(4-6-24)22-39-19-1-2-20-39)38-31-17-18-37-32-21-28(35)13-16-30(31)32/h3-18,21H,1-2,19-20,22H2,(H,37,38). The van der Waals surface area contributed by atoms with Crippen LogP contribution in [0.15, 0.2) is 103 Å². The first kappa shape index (κ1) is 25.8. The summed E-state index contributed by atoms with van der Waals surface area (Å²) in [6.45, 7) is 3.23. The van der Waals surface area contributed by atoms with Gasteiger partial charge >= 0.3 is 0 Å². The predicted octanol–water partition coefficient (Wildman–Crippen LogP) is 8.68. The van der Waals surface area contributed by atoms with E-state index in [9.17, 15) is 4.39 Å². The molecule has 2 heterocycles. The maximum Gasteiger partial charge on any atom is 0.123 e. The molecule has 6 rings (SSSR count). The van der Waals surface area contributed by atoms with Gasteiger partial charge in [0.1, 0.15) is 11.4 Å². The van der Waals surface area contributed by atoms with Gasteiger partial charge in [0.05, 0.1) is 5.52 Å². The molecule has 0 aliphatic carbocycles. The van der Waals surface area contributed by atoms with Crippen molar-refractivity contribution in [3.05, 3.63) is 141 Å². The minimum atomic E-state index is -0.849. The largest absolute Gasteiger partial charge is 0.367 e. The third-order valence-corrected chi connectivity index (χ3v) is 8.06. The molecule has 1 saturated heterocycles. The van der Waals surface area contributed by atoms with Gasteiger partial charge in [-0.05, 0) is 96.7 Å². The summed E-state index contributed by atoms with van der Waals surface area (Å²) in [4.78, 5) is 7.03. The highest BCUT2D eigenvalue weighted by atomic mass is 35.5. The molecule has 1 atom stereocenters. The van der Waals surface area contributed by atoms with Crippen LogP contribution in [-0.2, 0) is 12.1 Å². The second-order valence-corrected chi connectivity index (χ2v) is 11.0. The average Bonchev–Trinajstić information content (AvgIpc) is 3.46. The fourth-order valence-electron chi connectivity index (χ4n) is 5.61. The van der Waals surface area contributed by atoms with Gasteiger partial charge in [-0.3, -0.25) is 9.88 Å². The number of benzene rings is 4. The zero-order chi connectivity index (χ0) is 26.8. The van der Waals surface area contributed by atoms with Gasteiger partial charge < -0.3 is 5.32 Å². The van der Waals surface area contributed by atoms with E-state index in [2.05, 4.69) is 39.5 Å². The Bertz CT molecular complexity index is 1530. The first-order valence-corrected chi connectivity index (χ1v) is 13.9. The number of aromatic nitrogens is 1. The Morgan fingerprint density at radius 3 is 2.00 bits per heavy atom. The molecule has 3 nitrogen and oxygen atoms in total. The van der Waals surface area contributed by atoms with Gasteiger partial charge in [-0.1, -0.05) is 71.7 Å². The summed E-state index contributed by atoms with van der Waals surface area (Å²) in [6.07, 6.45) is 4.30. The average molecular weight is 557 g/mol. The SMILES string of the molecule is Fc1ccc(C(Nc2ccnc3cc(Cl)ccc23)(c2ccc(Cl)cc2)c2ccc(CN3CCCC3)cc2)cc1. The Balaban J connectivity index is 1.55. The van der Waals surface area contributed by atoms with E-state index >= 15 is 0 Å². The van der Waals surface area contributed by atoms with Crippen molar-refractivity contribution in [2.75, 3.05) is 18.4 Å². The lowest BCUT2D eigenvalue weighted by Gasteiger charge is -2.38. The van der Waals surface area contributed by atoms with Gasteiger partial charge in [0.25, 0.3) is 0 Å². The number of nitrogens with one attached hydrogen (secondary N) is 1. The van der Waals surface area contributed by atoms with Crippen LogP contribution in [0.2, 0.25) is 10.0 Å². The molecule has 5 aromatic rings. The van der Waals surface area contributed by atoms with E-state index in [0.29, 0.717) is 10.0 Å². The van der Waals surface area contributed by atoms with Crippen molar-refractivity contribution >= 4 is 39.8 Å². The molecule has 6 heteroatoms. The van der Waals surface area contributed by atoms with Crippen LogP contribution in [0, 0.1) is 5.82 Å². The summed E-state index contributed by atoms with van der Waals surface area (Å²) in [5.41, 5.74) is 5.00. The van der Waals surface area contributed by atoms with E-state index in [1.54, 1.807) is 6.20 Å². The van der Waals surface area contributed by atoms with Crippen molar-refractivity contribution in [1.82, 2.24) is 9.88 Å². The third-order valence-electron chi connectivity index (χ3n) is 7.57. The van der Waals surface area contributed by atoms with Crippen LogP contribution < -0.4 is 5.32 Å². The molecule has 1 aliphatic heterocycles. The van der Waals surface area contributed by atoms with Crippen molar-refractivity contribution in [2.24, 2.45) is 0 Å². The number of hydrogen-bond acceptors (Lipinski definition) is 3. The number of anilines is 1. The summed E-state index contributed by atoms with van der Waals surface area (Å²) in [6, 6.07) is 31.0. The van der Waals surface area contributed by atoms with Gasteiger partial charge in [0, 0.05) is 33.9 Å². The minimum absolute atomic E-state index is 0.284. The zero-order valence-electron chi connectivity index (χ0n) is 21.4. The Kier molecular flexibility index (Phi) is 7.26. The van der Waals surface area contributed by atoms with Crippen LogP contribution in [0.4, 0.5) is 10.1 Å². The second kappa shape index (κ2) is 11.0. The van der Waals surface area contributed by atoms with E-state index in [4.69, 9.17) is 23.2 Å². The van der Waals surface area contributed by atoms with E-state index in [-0.39, 0.29) is 5.82 Å². The maximum absolute atomic E-state index is 14.2. The molecule has 0 radical (unpaired) electrons. The smallest absolute Gasteiger partial charge is 0.123 e. The van der Waals surface area contributed by atoms with Crippen LogP contribution in [0.1, 0.15) is 35.1 Å². The monoisotopic (exact) mass is 555 g/mol. The second-order valence-electron chi connectivity index (χ2n) is 10.1. The highest BCUT2D eigenvalue weighted by molar-refractivity contribution is 6.31. The Hall–Kier alpha value is -3.44. The van der Waals surface area contributed by atoms with Crippen molar-refractivity contribution in [2.45, 2.75) is 24.9 Å². The van der Waals surface area contributed by atoms with Gasteiger partial charge in [-0.25, -0.2) is 4.39 Å². The Morgan fingerprint density at radius 1 is 0.744 bits per heavy atom. The minimum Gasteiger partial charge on any atom is -0.367 e. The molecule has 0 spiro atoms. The summed E-state index contributed by atoms with van der Waals surface area (Å²) in [5, 5.41) is 6.09. The quantitative estimate of drug-likeness (QED) is 0.203. The number of rotatable bonds is 7. The summed E-state index contributed by atoms with van der Waals surface area (Å²) in [7, 11) is 0. The van der Waals surface area contributed by atoms with E-state index in [1.165, 1.54) is 30.5 Å². The fourth-order valence-corrected chi connectivity index (χ4v) is 5.90. The van der Waals surface area contributed by atoms with Crippen LogP contribution in [0.25, 0.3) is 10.9 Å². The van der Waals surface area contributed by atoms with Crippen molar-refractivity contribution in [3.63, 3.8) is 0 Å². The molecule has 0 amide bonds. The number of fused-ring (bicyclic) bond motifs is 1. The van der Waals surface area contributed by atoms with E-state index in [0.717, 1.165) is 52.9 Å². The molecule has 39 heavy (non-hydrogen) atoms. The molecule has 1 fully saturated rings. The number of hydrogen-bond donors (Lipinski definition) is 1. The molecule has 0 bridgehead atoms. The predicted molar refractivity (Wildman–Crippen MR) is 159 cm³/mol. The van der Waals surface area contributed by atoms with Gasteiger partial charge in [-0.2, -0.15) is 0 Å². The molecular weight excluding hydrogens is 528 g/mol. The molecule has 196 valence electrons. The molecule has 0 saturated carbocycles. The summed E-state index contributed by atoms with van der Waals surface area (Å²) >= 11 is 12.6. The Morgan fingerprint density at radius 2 is 1.33 bits per heavy atom. The van der Waals surface area contributed by atoms with Crippen LogP contribution in [-0.4, -0.2) is 23.0 Å². The summed E-state index contributed by atoms with van der Waals surface area (Å²) < 4.78 is 14.2.